The van der Waals surface area contributed by atoms with Crippen molar-refractivity contribution in [2.45, 2.75) is 51.2 Å². The van der Waals surface area contributed by atoms with Crippen molar-refractivity contribution in [1.29, 1.82) is 5.26 Å². The second-order valence-electron chi connectivity index (χ2n) is 10.00. The van der Waals surface area contributed by atoms with Gasteiger partial charge in [-0.05, 0) is 48.6 Å². The number of H-pyrrole nitrogens is 1. The zero-order valence-corrected chi connectivity index (χ0v) is 18.4. The molecule has 3 aromatic rings. The molecule has 7 nitrogen and oxygen atoms in total. The first-order chi connectivity index (χ1) is 15.5. The van der Waals surface area contributed by atoms with Gasteiger partial charge in [0.15, 0.2) is 0 Å². The third kappa shape index (κ3) is 3.09. The molecule has 1 N–H and O–H groups in total. The van der Waals surface area contributed by atoms with Gasteiger partial charge in [0.25, 0.3) is 5.56 Å². The van der Waals surface area contributed by atoms with E-state index in [1.165, 1.54) is 0 Å². The third-order valence-electron chi connectivity index (χ3n) is 7.42. The molecule has 0 bridgehead atoms. The van der Waals surface area contributed by atoms with Crippen molar-refractivity contribution in [3.05, 3.63) is 63.7 Å². The van der Waals surface area contributed by atoms with Crippen molar-refractivity contribution in [2.24, 2.45) is 5.41 Å². The molecule has 2 aliphatic carbocycles. The van der Waals surface area contributed by atoms with Crippen LogP contribution in [-0.4, -0.2) is 45.0 Å². The molecular formula is C25H26N6O. The number of nitrogens with one attached hydrogen (secondary N) is 1. The van der Waals surface area contributed by atoms with Crippen LogP contribution < -0.4 is 10.5 Å². The molecule has 0 amide bonds. The lowest BCUT2D eigenvalue weighted by Crippen LogP contribution is -2.46. The summed E-state index contributed by atoms with van der Waals surface area (Å²) in [6, 6.07) is 10.8. The van der Waals surface area contributed by atoms with Crippen LogP contribution in [0.15, 0.2) is 41.5 Å². The van der Waals surface area contributed by atoms with E-state index >= 15 is 0 Å². The van der Waals surface area contributed by atoms with Crippen LogP contribution in [0.4, 0.5) is 5.82 Å². The standard InChI is InChI=1S/C25H26N6O/c1-25(2)22-23(25)31(21-6-3-15(11-26)12-28-21)8-7-30(22)14-16-9-20-19(27-13-16)10-18(17-4-5-17)24(32)29-20/h3,6,9-10,12-13,17,22-23H,4-5,7-8,14H2,1-2H3,(H,29,32)/t22?,23-/m0/s1. The third-order valence-corrected chi connectivity index (χ3v) is 7.42. The van der Waals surface area contributed by atoms with Gasteiger partial charge in [0.05, 0.1) is 22.6 Å². The quantitative estimate of drug-likeness (QED) is 0.689. The highest BCUT2D eigenvalue weighted by Crippen LogP contribution is 2.55. The minimum absolute atomic E-state index is 0.0332. The number of hydrogen-bond donors (Lipinski definition) is 1. The first kappa shape index (κ1) is 19.4. The highest BCUT2D eigenvalue weighted by atomic mass is 16.1. The molecule has 4 heterocycles. The topological polar surface area (TPSA) is 88.9 Å². The number of nitriles is 1. The van der Waals surface area contributed by atoms with Crippen LogP contribution in [0.3, 0.4) is 0 Å². The van der Waals surface area contributed by atoms with E-state index in [-0.39, 0.29) is 11.0 Å². The second kappa shape index (κ2) is 6.88. The van der Waals surface area contributed by atoms with Crippen LogP contribution >= 0.6 is 0 Å². The van der Waals surface area contributed by atoms with Crippen molar-refractivity contribution >= 4 is 16.9 Å². The highest BCUT2D eigenvalue weighted by molar-refractivity contribution is 5.75. The average molecular weight is 427 g/mol. The summed E-state index contributed by atoms with van der Waals surface area (Å²) in [5.41, 5.74) is 4.48. The number of fused-ring (bicyclic) bond motifs is 2. The van der Waals surface area contributed by atoms with Gasteiger partial charge in [-0.2, -0.15) is 5.26 Å². The minimum atomic E-state index is 0.0332. The summed E-state index contributed by atoms with van der Waals surface area (Å²) < 4.78 is 0. The van der Waals surface area contributed by atoms with E-state index in [0.717, 1.165) is 60.5 Å². The first-order valence-corrected chi connectivity index (χ1v) is 11.3. The maximum Gasteiger partial charge on any atom is 0.252 e. The predicted octanol–water partition coefficient (Wildman–Crippen LogP) is 3.17. The molecule has 7 heteroatoms. The van der Waals surface area contributed by atoms with Gasteiger partial charge in [0.1, 0.15) is 11.9 Å². The van der Waals surface area contributed by atoms with Crippen LogP contribution in [0.2, 0.25) is 0 Å². The number of pyridine rings is 3. The molecule has 0 aromatic carbocycles. The molecule has 0 spiro atoms. The molecular weight excluding hydrogens is 400 g/mol. The molecule has 1 unspecified atom stereocenters. The number of piperazine rings is 1. The molecule has 3 aromatic heterocycles. The lowest BCUT2D eigenvalue weighted by atomic mass is 10.1. The minimum Gasteiger partial charge on any atom is -0.350 e. The van der Waals surface area contributed by atoms with Crippen LogP contribution in [0.5, 0.6) is 0 Å². The lowest BCUT2D eigenvalue weighted by molar-refractivity contribution is 0.218. The Kier molecular flexibility index (Phi) is 4.18. The Morgan fingerprint density at radius 2 is 2.00 bits per heavy atom. The molecule has 3 fully saturated rings. The van der Waals surface area contributed by atoms with Gasteiger partial charge in [0.2, 0.25) is 0 Å². The second-order valence-corrected chi connectivity index (χ2v) is 10.00. The fourth-order valence-electron chi connectivity index (χ4n) is 5.56. The average Bonchev–Trinajstić information content (AvgIpc) is 3.71. The summed E-state index contributed by atoms with van der Waals surface area (Å²) in [7, 11) is 0. The number of anilines is 1. The van der Waals surface area contributed by atoms with E-state index in [0.29, 0.717) is 23.6 Å². The zero-order chi connectivity index (χ0) is 22.0. The van der Waals surface area contributed by atoms with Crippen molar-refractivity contribution in [3.63, 3.8) is 0 Å². The monoisotopic (exact) mass is 426 g/mol. The molecule has 1 saturated heterocycles. The largest absolute Gasteiger partial charge is 0.350 e. The summed E-state index contributed by atoms with van der Waals surface area (Å²) in [6.07, 6.45) is 5.82. The van der Waals surface area contributed by atoms with E-state index in [2.05, 4.69) is 50.7 Å². The van der Waals surface area contributed by atoms with Crippen LogP contribution in [0.25, 0.3) is 11.0 Å². The van der Waals surface area contributed by atoms with Crippen molar-refractivity contribution < 1.29 is 0 Å². The first-order valence-electron chi connectivity index (χ1n) is 11.3. The van der Waals surface area contributed by atoms with Gasteiger partial charge in [-0.1, -0.05) is 13.8 Å². The molecule has 32 heavy (non-hydrogen) atoms. The molecule has 3 aliphatic rings. The van der Waals surface area contributed by atoms with Crippen molar-refractivity contribution in [3.8, 4) is 6.07 Å². The van der Waals surface area contributed by atoms with E-state index in [4.69, 9.17) is 5.26 Å². The van der Waals surface area contributed by atoms with Crippen LogP contribution in [0.1, 0.15) is 49.3 Å². The van der Waals surface area contributed by atoms with Gasteiger partial charge in [-0.3, -0.25) is 14.7 Å². The number of rotatable bonds is 4. The molecule has 2 atom stereocenters. The van der Waals surface area contributed by atoms with Crippen molar-refractivity contribution in [1.82, 2.24) is 19.9 Å². The summed E-state index contributed by atoms with van der Waals surface area (Å²) >= 11 is 0. The van der Waals surface area contributed by atoms with Gasteiger partial charge in [0, 0.05) is 49.0 Å². The number of nitrogens with zero attached hydrogens (tertiary/aromatic N) is 5. The van der Waals surface area contributed by atoms with E-state index in [9.17, 15) is 4.79 Å². The Morgan fingerprint density at radius 3 is 2.72 bits per heavy atom. The molecule has 162 valence electrons. The summed E-state index contributed by atoms with van der Waals surface area (Å²) in [6.45, 7) is 7.27. The SMILES string of the molecule is CC1(C)C2[C@@H]1N(c1ccc(C#N)cn1)CCN2Cc1cnc2cc(C3CC3)c(=O)[nH]c2c1. The smallest absolute Gasteiger partial charge is 0.252 e. The summed E-state index contributed by atoms with van der Waals surface area (Å²) in [5.74, 6) is 1.36. The normalized spacial score (nSPS) is 24.2. The molecule has 6 rings (SSSR count). The Morgan fingerprint density at radius 1 is 1.16 bits per heavy atom. The maximum absolute atomic E-state index is 12.4. The van der Waals surface area contributed by atoms with E-state index in [1.807, 2.05) is 24.4 Å². The fourth-order valence-corrected chi connectivity index (χ4v) is 5.56. The fraction of sp³-hybridized carbons (Fsp3) is 0.440. The Labute approximate surface area is 186 Å². The lowest BCUT2D eigenvalue weighted by Gasteiger charge is -2.34. The number of aromatic nitrogens is 3. The number of aromatic amines is 1. The van der Waals surface area contributed by atoms with E-state index < -0.39 is 0 Å². The van der Waals surface area contributed by atoms with Gasteiger partial charge in [-0.15, -0.1) is 0 Å². The predicted molar refractivity (Wildman–Crippen MR) is 122 cm³/mol. The Bertz CT molecular complexity index is 1300. The van der Waals surface area contributed by atoms with Gasteiger partial charge in [-0.25, -0.2) is 4.98 Å². The van der Waals surface area contributed by atoms with Crippen LogP contribution in [-0.2, 0) is 6.54 Å². The molecule has 2 saturated carbocycles. The summed E-state index contributed by atoms with van der Waals surface area (Å²) in [4.78, 5) is 29.6. The summed E-state index contributed by atoms with van der Waals surface area (Å²) in [5, 5.41) is 9.04. The Hall–Kier alpha value is -3.24. The highest BCUT2D eigenvalue weighted by Gasteiger charge is 2.65. The van der Waals surface area contributed by atoms with Crippen LogP contribution in [0, 0.1) is 16.7 Å². The maximum atomic E-state index is 12.4. The molecule has 0 radical (unpaired) electrons. The van der Waals surface area contributed by atoms with Gasteiger partial charge >= 0.3 is 0 Å². The zero-order valence-electron chi connectivity index (χ0n) is 18.4. The Balaban J connectivity index is 1.23. The van der Waals surface area contributed by atoms with E-state index in [1.54, 1.807) is 6.20 Å². The molecule has 1 aliphatic heterocycles. The van der Waals surface area contributed by atoms with Crippen molar-refractivity contribution in [2.75, 3.05) is 18.0 Å². The number of hydrogen-bond acceptors (Lipinski definition) is 6. The van der Waals surface area contributed by atoms with Gasteiger partial charge < -0.3 is 9.88 Å².